The topological polar surface area (TPSA) is 38.3 Å². The summed E-state index contributed by atoms with van der Waals surface area (Å²) in [6.07, 6.45) is -0.466. The Labute approximate surface area is 137 Å². The van der Waals surface area contributed by atoms with Crippen LogP contribution in [0.15, 0.2) is 71.2 Å². The normalized spacial score (nSPS) is 10.4. The van der Waals surface area contributed by atoms with E-state index in [1.54, 1.807) is 0 Å². The van der Waals surface area contributed by atoms with Crippen LogP contribution in [-0.4, -0.2) is 6.09 Å². The molecule has 0 atom stereocenters. The Morgan fingerprint density at radius 2 is 1.73 bits per heavy atom. The molecule has 0 saturated carbocycles. The maximum absolute atomic E-state index is 12.0. The van der Waals surface area contributed by atoms with E-state index in [-0.39, 0.29) is 6.61 Å². The minimum absolute atomic E-state index is 0.249. The fourth-order valence-electron chi connectivity index (χ4n) is 2.25. The highest BCUT2D eigenvalue weighted by Crippen LogP contribution is 2.28. The molecule has 22 heavy (non-hydrogen) atoms. The van der Waals surface area contributed by atoms with Gasteiger partial charge in [0.15, 0.2) is 0 Å². The first-order valence-corrected chi connectivity index (χ1v) is 7.68. The number of anilines is 1. The van der Waals surface area contributed by atoms with Crippen LogP contribution in [0.5, 0.6) is 0 Å². The van der Waals surface area contributed by atoms with E-state index < -0.39 is 6.09 Å². The van der Waals surface area contributed by atoms with Gasteiger partial charge in [0.1, 0.15) is 6.61 Å². The SMILES string of the molecule is O=C(Nc1cc(Br)cc2ccccc12)OCc1ccccc1. The molecular weight excluding hydrogens is 342 g/mol. The lowest BCUT2D eigenvalue weighted by Gasteiger charge is -2.10. The maximum Gasteiger partial charge on any atom is 0.411 e. The molecular formula is C18H14BrNO2. The molecule has 0 saturated heterocycles. The zero-order chi connectivity index (χ0) is 15.4. The highest BCUT2D eigenvalue weighted by atomic mass is 79.9. The predicted molar refractivity (Wildman–Crippen MR) is 91.9 cm³/mol. The van der Waals surface area contributed by atoms with E-state index in [2.05, 4.69) is 21.2 Å². The third-order valence-electron chi connectivity index (χ3n) is 3.28. The molecule has 0 aliphatic carbocycles. The number of ether oxygens (including phenoxy) is 1. The summed E-state index contributed by atoms with van der Waals surface area (Å²) >= 11 is 3.46. The van der Waals surface area contributed by atoms with Crippen molar-refractivity contribution in [3.8, 4) is 0 Å². The first-order valence-electron chi connectivity index (χ1n) is 6.88. The van der Waals surface area contributed by atoms with Gasteiger partial charge in [-0.25, -0.2) is 4.79 Å². The Balaban J connectivity index is 1.74. The zero-order valence-corrected chi connectivity index (χ0v) is 13.3. The number of carbonyl (C=O) groups is 1. The van der Waals surface area contributed by atoms with E-state index in [0.29, 0.717) is 0 Å². The molecule has 0 aliphatic heterocycles. The van der Waals surface area contributed by atoms with Crippen LogP contribution >= 0.6 is 15.9 Å². The quantitative estimate of drug-likeness (QED) is 0.687. The first-order chi connectivity index (χ1) is 10.7. The Morgan fingerprint density at radius 1 is 1.00 bits per heavy atom. The third kappa shape index (κ3) is 3.46. The van der Waals surface area contributed by atoms with Crippen molar-refractivity contribution in [2.75, 3.05) is 5.32 Å². The van der Waals surface area contributed by atoms with Crippen LogP contribution in [0, 0.1) is 0 Å². The predicted octanol–water partition coefficient (Wildman–Crippen LogP) is 5.35. The van der Waals surface area contributed by atoms with E-state index in [0.717, 1.165) is 26.5 Å². The second-order valence-electron chi connectivity index (χ2n) is 4.86. The first kappa shape index (κ1) is 14.6. The molecule has 0 fully saturated rings. The molecule has 0 radical (unpaired) electrons. The summed E-state index contributed by atoms with van der Waals surface area (Å²) in [7, 11) is 0. The third-order valence-corrected chi connectivity index (χ3v) is 3.73. The Morgan fingerprint density at radius 3 is 2.55 bits per heavy atom. The summed E-state index contributed by atoms with van der Waals surface area (Å²) in [6.45, 7) is 0.249. The highest BCUT2D eigenvalue weighted by Gasteiger charge is 2.08. The number of carbonyl (C=O) groups excluding carboxylic acids is 1. The molecule has 3 rings (SSSR count). The maximum atomic E-state index is 12.0. The van der Waals surface area contributed by atoms with Crippen molar-refractivity contribution in [2.24, 2.45) is 0 Å². The monoisotopic (exact) mass is 355 g/mol. The second kappa shape index (κ2) is 6.62. The lowest BCUT2D eigenvalue weighted by Crippen LogP contribution is -2.13. The van der Waals surface area contributed by atoms with Gasteiger partial charge in [-0.05, 0) is 23.1 Å². The summed E-state index contributed by atoms with van der Waals surface area (Å²) in [5, 5.41) is 4.83. The number of nitrogens with one attached hydrogen (secondary N) is 1. The lowest BCUT2D eigenvalue weighted by atomic mass is 10.1. The Hall–Kier alpha value is -2.33. The summed E-state index contributed by atoms with van der Waals surface area (Å²) < 4.78 is 6.16. The van der Waals surface area contributed by atoms with E-state index in [1.165, 1.54) is 0 Å². The number of halogens is 1. The number of rotatable bonds is 3. The Bertz CT molecular complexity index is 803. The second-order valence-corrected chi connectivity index (χ2v) is 5.78. The molecule has 0 heterocycles. The van der Waals surface area contributed by atoms with Gasteiger partial charge >= 0.3 is 6.09 Å². The van der Waals surface area contributed by atoms with Crippen LogP contribution in [0.1, 0.15) is 5.56 Å². The molecule has 0 aromatic heterocycles. The number of benzene rings is 3. The van der Waals surface area contributed by atoms with Gasteiger partial charge in [-0.3, -0.25) is 5.32 Å². The molecule has 0 unspecified atom stereocenters. The van der Waals surface area contributed by atoms with Crippen LogP contribution < -0.4 is 5.32 Å². The highest BCUT2D eigenvalue weighted by molar-refractivity contribution is 9.10. The van der Waals surface area contributed by atoms with Gasteiger partial charge in [-0.15, -0.1) is 0 Å². The van der Waals surface area contributed by atoms with Gasteiger partial charge in [0.05, 0.1) is 5.69 Å². The lowest BCUT2D eigenvalue weighted by molar-refractivity contribution is 0.155. The van der Waals surface area contributed by atoms with Crippen LogP contribution in [0.3, 0.4) is 0 Å². The van der Waals surface area contributed by atoms with E-state index in [4.69, 9.17) is 4.74 Å². The van der Waals surface area contributed by atoms with Crippen LogP contribution in [-0.2, 0) is 11.3 Å². The molecule has 3 aromatic carbocycles. The van der Waals surface area contributed by atoms with E-state index in [1.807, 2.05) is 66.7 Å². The standard InChI is InChI=1S/C18H14BrNO2/c19-15-10-14-8-4-5-9-16(14)17(11-15)20-18(21)22-12-13-6-2-1-3-7-13/h1-11H,12H2,(H,20,21). The van der Waals surface area contributed by atoms with Gasteiger partial charge in [-0.1, -0.05) is 70.5 Å². The van der Waals surface area contributed by atoms with Crippen molar-refractivity contribution < 1.29 is 9.53 Å². The van der Waals surface area contributed by atoms with Crippen molar-refractivity contribution in [3.05, 3.63) is 76.8 Å². The molecule has 1 amide bonds. The van der Waals surface area contributed by atoms with Gasteiger partial charge in [0.25, 0.3) is 0 Å². The summed E-state index contributed by atoms with van der Waals surface area (Å²) in [6, 6.07) is 21.3. The zero-order valence-electron chi connectivity index (χ0n) is 11.8. The molecule has 1 N–H and O–H groups in total. The smallest absolute Gasteiger partial charge is 0.411 e. The Kier molecular flexibility index (Phi) is 4.39. The average Bonchev–Trinajstić information content (AvgIpc) is 2.54. The number of fused-ring (bicyclic) bond motifs is 1. The largest absolute Gasteiger partial charge is 0.444 e. The summed E-state index contributed by atoms with van der Waals surface area (Å²) in [4.78, 5) is 12.0. The molecule has 3 nitrogen and oxygen atoms in total. The van der Waals surface area contributed by atoms with Crippen LogP contribution in [0.4, 0.5) is 10.5 Å². The molecule has 0 bridgehead atoms. The molecule has 4 heteroatoms. The van der Waals surface area contributed by atoms with Crippen molar-refractivity contribution in [1.29, 1.82) is 0 Å². The molecule has 110 valence electrons. The number of hydrogen-bond donors (Lipinski definition) is 1. The van der Waals surface area contributed by atoms with E-state index >= 15 is 0 Å². The van der Waals surface area contributed by atoms with Crippen LogP contribution in [0.2, 0.25) is 0 Å². The molecule has 0 spiro atoms. The van der Waals surface area contributed by atoms with Crippen LogP contribution in [0.25, 0.3) is 10.8 Å². The number of amides is 1. The summed E-state index contributed by atoms with van der Waals surface area (Å²) in [5.74, 6) is 0. The average molecular weight is 356 g/mol. The minimum Gasteiger partial charge on any atom is -0.444 e. The number of hydrogen-bond acceptors (Lipinski definition) is 2. The fourth-order valence-corrected chi connectivity index (χ4v) is 2.72. The van der Waals surface area contributed by atoms with Gasteiger partial charge in [0.2, 0.25) is 0 Å². The molecule has 3 aromatic rings. The van der Waals surface area contributed by atoms with Crippen molar-refractivity contribution in [3.63, 3.8) is 0 Å². The van der Waals surface area contributed by atoms with Gasteiger partial charge in [0, 0.05) is 9.86 Å². The van der Waals surface area contributed by atoms with Gasteiger partial charge in [-0.2, -0.15) is 0 Å². The minimum atomic E-state index is -0.466. The van der Waals surface area contributed by atoms with Gasteiger partial charge < -0.3 is 4.74 Å². The fraction of sp³-hybridized carbons (Fsp3) is 0.0556. The van der Waals surface area contributed by atoms with E-state index in [9.17, 15) is 4.79 Å². The molecule has 0 aliphatic rings. The van der Waals surface area contributed by atoms with Crippen molar-refractivity contribution >= 4 is 38.5 Å². The van der Waals surface area contributed by atoms with Crippen molar-refractivity contribution in [2.45, 2.75) is 6.61 Å². The van der Waals surface area contributed by atoms with Crippen molar-refractivity contribution in [1.82, 2.24) is 0 Å². The summed E-state index contributed by atoms with van der Waals surface area (Å²) in [5.41, 5.74) is 1.68.